The van der Waals surface area contributed by atoms with E-state index >= 15 is 0 Å². The molecule has 1 aromatic rings. The molecule has 0 aromatic carbocycles. The van der Waals surface area contributed by atoms with Crippen LogP contribution in [0.25, 0.3) is 0 Å². The van der Waals surface area contributed by atoms with Gasteiger partial charge in [-0.05, 0) is 41.9 Å². The van der Waals surface area contributed by atoms with Gasteiger partial charge in [0.2, 0.25) is 0 Å². The minimum Gasteiger partial charge on any atom is -0.357 e. The molecule has 0 unspecified atom stereocenters. The Balaban J connectivity index is 2.18. The van der Waals surface area contributed by atoms with E-state index < -0.39 is 0 Å². The van der Waals surface area contributed by atoms with Crippen LogP contribution in [0.3, 0.4) is 0 Å². The molecule has 0 saturated carbocycles. The van der Waals surface area contributed by atoms with E-state index in [2.05, 4.69) is 27.7 Å². The van der Waals surface area contributed by atoms with Crippen molar-refractivity contribution in [2.24, 2.45) is 0 Å². The fourth-order valence-corrected chi connectivity index (χ4v) is 2.06. The highest BCUT2D eigenvalue weighted by Crippen LogP contribution is 2.22. The summed E-state index contributed by atoms with van der Waals surface area (Å²) < 4.78 is 8.06. The van der Waals surface area contributed by atoms with Crippen LogP contribution in [-0.4, -0.2) is 22.7 Å². The maximum atomic E-state index is 10.6. The summed E-state index contributed by atoms with van der Waals surface area (Å²) >= 11 is 2.06. The molecule has 1 aromatic heterocycles. The fraction of sp³-hybridized carbons (Fsp3) is 0.556. The van der Waals surface area contributed by atoms with Crippen molar-refractivity contribution in [1.82, 2.24) is 9.78 Å². The van der Waals surface area contributed by atoms with E-state index in [-0.39, 0.29) is 6.23 Å². The van der Waals surface area contributed by atoms with Crippen LogP contribution >= 0.6 is 22.6 Å². The van der Waals surface area contributed by atoms with Gasteiger partial charge in [0.25, 0.3) is 0 Å². The van der Waals surface area contributed by atoms with Crippen LogP contribution in [0, 0.1) is 3.70 Å². The molecule has 76 valence electrons. The van der Waals surface area contributed by atoms with E-state index in [1.54, 1.807) is 10.9 Å². The molecule has 2 heterocycles. The highest BCUT2D eigenvalue weighted by molar-refractivity contribution is 14.1. The van der Waals surface area contributed by atoms with Crippen molar-refractivity contribution in [2.45, 2.75) is 25.5 Å². The summed E-state index contributed by atoms with van der Waals surface area (Å²) in [4.78, 5) is 10.6. The monoisotopic (exact) mass is 306 g/mol. The largest absolute Gasteiger partial charge is 0.357 e. The van der Waals surface area contributed by atoms with Crippen LogP contribution in [0.2, 0.25) is 0 Å². The first-order chi connectivity index (χ1) is 6.81. The predicted octanol–water partition coefficient (Wildman–Crippen LogP) is 2.00. The zero-order chi connectivity index (χ0) is 9.97. The molecule has 1 saturated heterocycles. The van der Waals surface area contributed by atoms with Gasteiger partial charge in [0, 0.05) is 12.8 Å². The number of ether oxygens (including phenoxy) is 1. The fourth-order valence-electron chi connectivity index (χ4n) is 1.54. The summed E-state index contributed by atoms with van der Waals surface area (Å²) in [7, 11) is 0. The second-order valence-corrected chi connectivity index (χ2v) is 4.32. The number of carbonyl (C=O) groups is 1. The molecule has 0 bridgehead atoms. The van der Waals surface area contributed by atoms with Gasteiger partial charge in [0.05, 0.1) is 5.56 Å². The van der Waals surface area contributed by atoms with E-state index in [0.29, 0.717) is 5.56 Å². The Hall–Kier alpha value is -0.430. The summed E-state index contributed by atoms with van der Waals surface area (Å²) in [5.74, 6) is 0. The Labute approximate surface area is 95.8 Å². The Morgan fingerprint density at radius 1 is 1.64 bits per heavy atom. The lowest BCUT2D eigenvalue weighted by molar-refractivity contribution is -0.0396. The van der Waals surface area contributed by atoms with Crippen LogP contribution in [-0.2, 0) is 4.74 Å². The van der Waals surface area contributed by atoms with Gasteiger partial charge in [0.1, 0.15) is 9.93 Å². The van der Waals surface area contributed by atoms with Crippen LogP contribution in [0.1, 0.15) is 35.8 Å². The van der Waals surface area contributed by atoms with Gasteiger partial charge in [-0.1, -0.05) is 0 Å². The minimum absolute atomic E-state index is 0.0194. The van der Waals surface area contributed by atoms with E-state index in [4.69, 9.17) is 4.74 Å². The number of carbonyl (C=O) groups excluding carboxylic acids is 1. The molecule has 1 aliphatic rings. The summed E-state index contributed by atoms with van der Waals surface area (Å²) in [6.07, 6.45) is 5.87. The lowest BCUT2D eigenvalue weighted by Gasteiger charge is -2.22. The van der Waals surface area contributed by atoms with E-state index in [1.807, 2.05) is 0 Å². The number of hydrogen-bond acceptors (Lipinski definition) is 3. The van der Waals surface area contributed by atoms with Gasteiger partial charge in [-0.25, -0.2) is 4.68 Å². The van der Waals surface area contributed by atoms with Gasteiger partial charge in [-0.3, -0.25) is 4.79 Å². The lowest BCUT2D eigenvalue weighted by atomic mass is 10.2. The highest BCUT2D eigenvalue weighted by Gasteiger charge is 2.17. The molecule has 4 nitrogen and oxygen atoms in total. The Morgan fingerprint density at radius 2 is 2.50 bits per heavy atom. The molecule has 1 aliphatic heterocycles. The van der Waals surface area contributed by atoms with Gasteiger partial charge in [0.15, 0.2) is 6.29 Å². The van der Waals surface area contributed by atoms with Crippen molar-refractivity contribution in [3.63, 3.8) is 0 Å². The maximum Gasteiger partial charge on any atom is 0.154 e. The zero-order valence-electron chi connectivity index (χ0n) is 7.65. The van der Waals surface area contributed by atoms with Crippen molar-refractivity contribution >= 4 is 28.9 Å². The third-order valence-electron chi connectivity index (χ3n) is 2.29. The van der Waals surface area contributed by atoms with Crippen molar-refractivity contribution in [2.75, 3.05) is 6.61 Å². The molecule has 1 fully saturated rings. The Kier molecular flexibility index (Phi) is 3.17. The molecule has 0 N–H and O–H groups in total. The average molecular weight is 306 g/mol. The third-order valence-corrected chi connectivity index (χ3v) is 3.13. The average Bonchev–Trinajstić information content (AvgIpc) is 2.61. The van der Waals surface area contributed by atoms with E-state index in [9.17, 15) is 4.79 Å². The number of rotatable bonds is 2. The third kappa shape index (κ3) is 1.98. The Morgan fingerprint density at radius 3 is 3.07 bits per heavy atom. The molecular weight excluding hydrogens is 295 g/mol. The summed E-state index contributed by atoms with van der Waals surface area (Å²) in [5.41, 5.74) is 0.639. The van der Waals surface area contributed by atoms with Gasteiger partial charge < -0.3 is 4.74 Å². The van der Waals surface area contributed by atoms with Gasteiger partial charge in [-0.2, -0.15) is 5.10 Å². The normalized spacial score (nSPS) is 22.2. The smallest absolute Gasteiger partial charge is 0.154 e. The SMILES string of the molecule is O=Cc1cn([C@H]2CCCCO2)nc1I. The first kappa shape index (κ1) is 10.1. The van der Waals surface area contributed by atoms with Gasteiger partial charge in [-0.15, -0.1) is 0 Å². The first-order valence-electron chi connectivity index (χ1n) is 4.62. The number of hydrogen-bond donors (Lipinski definition) is 0. The minimum atomic E-state index is 0.0194. The van der Waals surface area contributed by atoms with Crippen molar-refractivity contribution < 1.29 is 9.53 Å². The highest BCUT2D eigenvalue weighted by atomic mass is 127. The van der Waals surface area contributed by atoms with Crippen molar-refractivity contribution in [3.05, 3.63) is 15.5 Å². The first-order valence-corrected chi connectivity index (χ1v) is 5.70. The predicted molar refractivity (Wildman–Crippen MR) is 59.2 cm³/mol. The number of halogens is 1. The van der Waals surface area contributed by atoms with E-state index in [0.717, 1.165) is 35.9 Å². The number of aldehydes is 1. The maximum absolute atomic E-state index is 10.6. The lowest BCUT2D eigenvalue weighted by Crippen LogP contribution is -2.18. The molecule has 0 aliphatic carbocycles. The molecule has 1 atom stereocenters. The van der Waals surface area contributed by atoms with Crippen molar-refractivity contribution in [1.29, 1.82) is 0 Å². The molecule has 0 spiro atoms. The molecule has 2 rings (SSSR count). The van der Waals surface area contributed by atoms with Crippen LogP contribution < -0.4 is 0 Å². The van der Waals surface area contributed by atoms with Gasteiger partial charge >= 0.3 is 0 Å². The quantitative estimate of drug-likeness (QED) is 0.620. The molecular formula is C9H11IN2O2. The van der Waals surface area contributed by atoms with E-state index in [1.165, 1.54) is 0 Å². The molecule has 0 radical (unpaired) electrons. The van der Waals surface area contributed by atoms with Crippen LogP contribution in [0.15, 0.2) is 6.20 Å². The van der Waals surface area contributed by atoms with Crippen LogP contribution in [0.5, 0.6) is 0 Å². The molecule has 14 heavy (non-hydrogen) atoms. The summed E-state index contributed by atoms with van der Waals surface area (Å²) in [6, 6.07) is 0. The van der Waals surface area contributed by atoms with Crippen LogP contribution in [0.4, 0.5) is 0 Å². The van der Waals surface area contributed by atoms with Crippen molar-refractivity contribution in [3.8, 4) is 0 Å². The number of nitrogens with zero attached hydrogens (tertiary/aromatic N) is 2. The Bertz CT molecular complexity index is 332. The second-order valence-electron chi connectivity index (χ2n) is 3.29. The topological polar surface area (TPSA) is 44.1 Å². The standard InChI is InChI=1S/C9H11IN2O2/c10-9-7(6-13)5-12(11-9)8-3-1-2-4-14-8/h5-6,8H,1-4H2/t8-/m1/s1. The molecule has 5 heteroatoms. The second kappa shape index (κ2) is 4.39. The number of aromatic nitrogens is 2. The zero-order valence-corrected chi connectivity index (χ0v) is 9.81. The summed E-state index contributed by atoms with van der Waals surface area (Å²) in [5, 5.41) is 4.25. The molecule has 0 amide bonds. The summed E-state index contributed by atoms with van der Waals surface area (Å²) in [6.45, 7) is 0.789.